The van der Waals surface area contributed by atoms with Crippen molar-refractivity contribution in [1.29, 1.82) is 0 Å². The normalized spacial score (nSPS) is 21.1. The van der Waals surface area contributed by atoms with Gasteiger partial charge in [-0.3, -0.25) is 0 Å². The van der Waals surface area contributed by atoms with E-state index in [0.29, 0.717) is 12.6 Å². The number of nitrogens with zero attached hydrogens (tertiary/aromatic N) is 1. The van der Waals surface area contributed by atoms with E-state index < -0.39 is 0 Å². The van der Waals surface area contributed by atoms with Crippen LogP contribution < -0.4 is 10.6 Å². The fourth-order valence-corrected chi connectivity index (χ4v) is 2.89. The van der Waals surface area contributed by atoms with E-state index >= 15 is 0 Å². The Morgan fingerprint density at radius 1 is 1.30 bits per heavy atom. The van der Waals surface area contributed by atoms with Crippen molar-refractivity contribution < 1.29 is 4.74 Å². The number of ether oxygens (including phenoxy) is 1. The van der Waals surface area contributed by atoms with Crippen LogP contribution in [-0.4, -0.2) is 24.8 Å². The largest absolute Gasteiger partial charge is 0.371 e. The average molecular weight is 276 g/mol. The third-order valence-electron chi connectivity index (χ3n) is 4.01. The van der Waals surface area contributed by atoms with Gasteiger partial charge in [0.15, 0.2) is 0 Å². The highest BCUT2D eigenvalue weighted by molar-refractivity contribution is 5.47. The SMILES string of the molecule is CCCN(CC1CCC(C)(C)O1)c1ccc(CN)cc1. The molecule has 1 unspecified atom stereocenters. The molecule has 1 saturated heterocycles. The van der Waals surface area contributed by atoms with Crippen molar-refractivity contribution in [3.8, 4) is 0 Å². The Morgan fingerprint density at radius 2 is 2.00 bits per heavy atom. The van der Waals surface area contributed by atoms with Gasteiger partial charge in [0.05, 0.1) is 11.7 Å². The molecule has 20 heavy (non-hydrogen) atoms. The first-order valence-electron chi connectivity index (χ1n) is 7.76. The zero-order valence-corrected chi connectivity index (χ0v) is 13.1. The molecule has 0 aromatic heterocycles. The fourth-order valence-electron chi connectivity index (χ4n) is 2.89. The zero-order chi connectivity index (χ0) is 14.6. The molecule has 1 aliphatic rings. The molecule has 1 aliphatic heterocycles. The second-order valence-corrected chi connectivity index (χ2v) is 6.35. The first-order chi connectivity index (χ1) is 9.54. The Hall–Kier alpha value is -1.06. The van der Waals surface area contributed by atoms with Crippen LogP contribution in [0.3, 0.4) is 0 Å². The van der Waals surface area contributed by atoms with Gasteiger partial charge in [0.1, 0.15) is 0 Å². The minimum Gasteiger partial charge on any atom is -0.371 e. The summed E-state index contributed by atoms with van der Waals surface area (Å²) in [5, 5.41) is 0. The van der Waals surface area contributed by atoms with Gasteiger partial charge in [0.25, 0.3) is 0 Å². The molecular formula is C17H28N2O. The van der Waals surface area contributed by atoms with Gasteiger partial charge in [-0.15, -0.1) is 0 Å². The van der Waals surface area contributed by atoms with E-state index in [4.69, 9.17) is 10.5 Å². The number of benzene rings is 1. The molecule has 0 bridgehead atoms. The summed E-state index contributed by atoms with van der Waals surface area (Å²) >= 11 is 0. The molecule has 0 radical (unpaired) electrons. The molecule has 0 spiro atoms. The van der Waals surface area contributed by atoms with Gasteiger partial charge in [0, 0.05) is 25.3 Å². The van der Waals surface area contributed by atoms with Crippen molar-refractivity contribution in [1.82, 2.24) is 0 Å². The van der Waals surface area contributed by atoms with Crippen LogP contribution in [0.4, 0.5) is 5.69 Å². The Labute approximate surface area is 123 Å². The van der Waals surface area contributed by atoms with Crippen molar-refractivity contribution in [2.24, 2.45) is 5.73 Å². The lowest BCUT2D eigenvalue weighted by molar-refractivity contribution is -0.0115. The topological polar surface area (TPSA) is 38.5 Å². The summed E-state index contributed by atoms with van der Waals surface area (Å²) in [6, 6.07) is 8.60. The first-order valence-corrected chi connectivity index (χ1v) is 7.76. The lowest BCUT2D eigenvalue weighted by atomic mass is 10.1. The van der Waals surface area contributed by atoms with Crippen LogP contribution in [0.15, 0.2) is 24.3 Å². The van der Waals surface area contributed by atoms with E-state index in [2.05, 4.69) is 49.9 Å². The summed E-state index contributed by atoms with van der Waals surface area (Å²) < 4.78 is 6.13. The summed E-state index contributed by atoms with van der Waals surface area (Å²) in [5.41, 5.74) is 8.17. The number of anilines is 1. The average Bonchev–Trinajstić information content (AvgIpc) is 2.78. The van der Waals surface area contributed by atoms with Crippen LogP contribution in [0.5, 0.6) is 0 Å². The molecule has 0 saturated carbocycles. The lowest BCUT2D eigenvalue weighted by Gasteiger charge is -2.28. The molecule has 2 rings (SSSR count). The summed E-state index contributed by atoms with van der Waals surface area (Å²) in [5.74, 6) is 0. The standard InChI is InChI=1S/C17H28N2O/c1-4-11-19(13-16-9-10-17(2,3)20-16)15-7-5-14(12-18)6-8-15/h5-8,16H,4,9-13,18H2,1-3H3. The number of rotatable bonds is 6. The maximum atomic E-state index is 6.13. The molecule has 112 valence electrons. The Bertz CT molecular complexity index is 414. The van der Waals surface area contributed by atoms with Crippen LogP contribution in [0.2, 0.25) is 0 Å². The van der Waals surface area contributed by atoms with Crippen molar-refractivity contribution in [3.05, 3.63) is 29.8 Å². The second-order valence-electron chi connectivity index (χ2n) is 6.35. The Morgan fingerprint density at radius 3 is 2.50 bits per heavy atom. The molecule has 2 N–H and O–H groups in total. The van der Waals surface area contributed by atoms with E-state index in [9.17, 15) is 0 Å². The maximum absolute atomic E-state index is 6.13. The zero-order valence-electron chi connectivity index (χ0n) is 13.1. The summed E-state index contributed by atoms with van der Waals surface area (Å²) in [6.45, 7) is 9.26. The molecule has 3 nitrogen and oxygen atoms in total. The summed E-state index contributed by atoms with van der Waals surface area (Å²) in [6.07, 6.45) is 3.82. The van der Waals surface area contributed by atoms with Gasteiger partial charge in [0.2, 0.25) is 0 Å². The highest BCUT2D eigenvalue weighted by Gasteiger charge is 2.32. The van der Waals surface area contributed by atoms with E-state index in [1.165, 1.54) is 11.3 Å². The molecule has 1 fully saturated rings. The predicted molar refractivity (Wildman–Crippen MR) is 85.0 cm³/mol. The monoisotopic (exact) mass is 276 g/mol. The fraction of sp³-hybridized carbons (Fsp3) is 0.647. The summed E-state index contributed by atoms with van der Waals surface area (Å²) in [7, 11) is 0. The molecule has 0 aliphatic carbocycles. The molecule has 1 heterocycles. The number of hydrogen-bond donors (Lipinski definition) is 1. The molecule has 3 heteroatoms. The van der Waals surface area contributed by atoms with Crippen LogP contribution >= 0.6 is 0 Å². The van der Waals surface area contributed by atoms with Crippen molar-refractivity contribution in [2.45, 2.75) is 58.3 Å². The quantitative estimate of drug-likeness (QED) is 0.866. The van der Waals surface area contributed by atoms with E-state index in [1.54, 1.807) is 0 Å². The third kappa shape index (κ3) is 3.97. The second kappa shape index (κ2) is 6.59. The van der Waals surface area contributed by atoms with E-state index in [1.807, 2.05) is 0 Å². The molecular weight excluding hydrogens is 248 g/mol. The Balaban J connectivity index is 2.02. The molecule has 1 aromatic carbocycles. The van der Waals surface area contributed by atoms with Crippen molar-refractivity contribution in [3.63, 3.8) is 0 Å². The number of hydrogen-bond acceptors (Lipinski definition) is 3. The van der Waals surface area contributed by atoms with Crippen molar-refractivity contribution in [2.75, 3.05) is 18.0 Å². The van der Waals surface area contributed by atoms with Gasteiger partial charge in [-0.1, -0.05) is 19.1 Å². The van der Waals surface area contributed by atoms with Crippen LogP contribution in [0.1, 0.15) is 45.6 Å². The third-order valence-corrected chi connectivity index (χ3v) is 4.01. The molecule has 1 atom stereocenters. The first kappa shape index (κ1) is 15.3. The number of nitrogens with two attached hydrogens (primary N) is 1. The van der Waals surface area contributed by atoms with Gasteiger partial charge >= 0.3 is 0 Å². The smallest absolute Gasteiger partial charge is 0.0758 e. The highest BCUT2D eigenvalue weighted by Crippen LogP contribution is 2.30. The minimum absolute atomic E-state index is 0.0476. The maximum Gasteiger partial charge on any atom is 0.0758 e. The molecule has 0 amide bonds. The lowest BCUT2D eigenvalue weighted by Crippen LogP contribution is -2.34. The van der Waals surface area contributed by atoms with Crippen LogP contribution in [0, 0.1) is 0 Å². The van der Waals surface area contributed by atoms with Crippen LogP contribution in [0.25, 0.3) is 0 Å². The molecule has 1 aromatic rings. The van der Waals surface area contributed by atoms with Gasteiger partial charge in [-0.05, 0) is 50.8 Å². The van der Waals surface area contributed by atoms with Gasteiger partial charge in [-0.25, -0.2) is 0 Å². The van der Waals surface area contributed by atoms with Gasteiger partial charge < -0.3 is 15.4 Å². The van der Waals surface area contributed by atoms with Crippen LogP contribution in [-0.2, 0) is 11.3 Å². The highest BCUT2D eigenvalue weighted by atomic mass is 16.5. The van der Waals surface area contributed by atoms with Gasteiger partial charge in [-0.2, -0.15) is 0 Å². The Kier molecular flexibility index (Phi) is 5.06. The van der Waals surface area contributed by atoms with Crippen molar-refractivity contribution >= 4 is 5.69 Å². The predicted octanol–water partition coefficient (Wildman–Crippen LogP) is 3.32. The summed E-state index contributed by atoms with van der Waals surface area (Å²) in [4.78, 5) is 2.44. The van der Waals surface area contributed by atoms with E-state index in [0.717, 1.165) is 32.4 Å². The van der Waals surface area contributed by atoms with E-state index in [-0.39, 0.29) is 5.60 Å². The minimum atomic E-state index is 0.0476.